The Hall–Kier alpha value is -4.15. The van der Waals surface area contributed by atoms with Crippen molar-refractivity contribution in [2.24, 2.45) is 0 Å². The van der Waals surface area contributed by atoms with Crippen LogP contribution in [0.2, 0.25) is 0 Å². The maximum atomic E-state index is 12.8. The Balaban J connectivity index is 1.40. The molecule has 0 aliphatic carbocycles. The summed E-state index contributed by atoms with van der Waals surface area (Å²) in [4.78, 5) is 12.8. The van der Waals surface area contributed by atoms with Crippen LogP contribution >= 0.6 is 0 Å². The van der Waals surface area contributed by atoms with Gasteiger partial charge >= 0.3 is 0 Å². The van der Waals surface area contributed by atoms with Crippen molar-refractivity contribution < 1.29 is 21.6 Å². The van der Waals surface area contributed by atoms with E-state index in [0.717, 1.165) is 11.1 Å². The summed E-state index contributed by atoms with van der Waals surface area (Å²) < 4.78 is 55.5. The largest absolute Gasteiger partial charge is 0.322 e. The molecule has 1 amide bonds. The van der Waals surface area contributed by atoms with Crippen molar-refractivity contribution in [1.29, 1.82) is 0 Å². The van der Waals surface area contributed by atoms with Crippen LogP contribution in [0.4, 0.5) is 17.1 Å². The third kappa shape index (κ3) is 6.35. The fourth-order valence-electron chi connectivity index (χ4n) is 3.56. The zero-order chi connectivity index (χ0) is 26.6. The van der Waals surface area contributed by atoms with E-state index in [2.05, 4.69) is 14.8 Å². The Bertz CT molecular complexity index is 1640. The summed E-state index contributed by atoms with van der Waals surface area (Å²) in [6, 6.07) is 25.2. The van der Waals surface area contributed by atoms with E-state index in [4.69, 9.17) is 0 Å². The molecule has 4 rings (SSSR count). The molecule has 4 aromatic carbocycles. The monoisotopic (exact) mass is 535 g/mol. The number of sulfonamides is 2. The summed E-state index contributed by atoms with van der Waals surface area (Å²) in [6.45, 7) is 3.76. The highest BCUT2D eigenvalue weighted by molar-refractivity contribution is 7.93. The number of nitrogens with one attached hydrogen (secondary N) is 3. The molecule has 190 valence electrons. The molecule has 0 aromatic heterocycles. The molecule has 0 aliphatic rings. The van der Waals surface area contributed by atoms with Gasteiger partial charge in [0.1, 0.15) is 0 Å². The molecule has 3 N–H and O–H groups in total. The highest BCUT2D eigenvalue weighted by Crippen LogP contribution is 2.22. The van der Waals surface area contributed by atoms with Crippen molar-refractivity contribution in [1.82, 2.24) is 0 Å². The molecule has 0 atom stereocenters. The van der Waals surface area contributed by atoms with Gasteiger partial charge in [0, 0.05) is 16.9 Å². The molecule has 0 radical (unpaired) electrons. The van der Waals surface area contributed by atoms with E-state index in [1.54, 1.807) is 24.3 Å². The Morgan fingerprint density at radius 1 is 0.622 bits per heavy atom. The van der Waals surface area contributed by atoms with E-state index < -0.39 is 26.0 Å². The molecule has 37 heavy (non-hydrogen) atoms. The summed E-state index contributed by atoms with van der Waals surface area (Å²) in [5.74, 6) is -0.429. The predicted molar refractivity (Wildman–Crippen MR) is 145 cm³/mol. The first-order valence-electron chi connectivity index (χ1n) is 11.2. The topological polar surface area (TPSA) is 121 Å². The van der Waals surface area contributed by atoms with Gasteiger partial charge in [-0.1, -0.05) is 35.9 Å². The molecule has 4 aromatic rings. The molecule has 0 spiro atoms. The number of hydrogen-bond donors (Lipinski definition) is 3. The molecular weight excluding hydrogens is 510 g/mol. The lowest BCUT2D eigenvalue weighted by molar-refractivity contribution is 0.102. The second kappa shape index (κ2) is 10.5. The molecule has 0 saturated carbocycles. The van der Waals surface area contributed by atoms with Gasteiger partial charge in [0.2, 0.25) is 0 Å². The van der Waals surface area contributed by atoms with Crippen molar-refractivity contribution in [2.45, 2.75) is 23.6 Å². The van der Waals surface area contributed by atoms with E-state index in [9.17, 15) is 21.6 Å². The maximum Gasteiger partial charge on any atom is 0.261 e. The highest BCUT2D eigenvalue weighted by atomic mass is 32.2. The molecule has 0 fully saturated rings. The minimum Gasteiger partial charge on any atom is -0.322 e. The molecule has 0 aliphatic heterocycles. The number of amides is 1. The van der Waals surface area contributed by atoms with E-state index >= 15 is 0 Å². The van der Waals surface area contributed by atoms with Crippen LogP contribution < -0.4 is 14.8 Å². The van der Waals surface area contributed by atoms with Crippen molar-refractivity contribution >= 4 is 43.0 Å². The second-order valence-electron chi connectivity index (χ2n) is 8.40. The molecule has 8 nitrogen and oxygen atoms in total. The van der Waals surface area contributed by atoms with E-state index in [-0.39, 0.29) is 9.79 Å². The van der Waals surface area contributed by atoms with Crippen molar-refractivity contribution in [2.75, 3.05) is 14.8 Å². The minimum absolute atomic E-state index is 0.0560. The third-order valence-corrected chi connectivity index (χ3v) is 8.28. The van der Waals surface area contributed by atoms with Crippen LogP contribution in [0.5, 0.6) is 0 Å². The van der Waals surface area contributed by atoms with Crippen LogP contribution in [0, 0.1) is 13.8 Å². The lowest BCUT2D eigenvalue weighted by Gasteiger charge is -2.12. The van der Waals surface area contributed by atoms with Crippen LogP contribution in [-0.4, -0.2) is 22.7 Å². The molecule has 0 unspecified atom stereocenters. The number of carbonyl (C=O) groups excluding carboxylic acids is 1. The fraction of sp³-hybridized carbons (Fsp3) is 0.0741. The average molecular weight is 536 g/mol. The quantitative estimate of drug-likeness (QED) is 0.288. The Kier molecular flexibility index (Phi) is 7.33. The van der Waals surface area contributed by atoms with Gasteiger partial charge in [-0.05, 0) is 86.1 Å². The minimum atomic E-state index is -3.80. The fourth-order valence-corrected chi connectivity index (χ4v) is 5.77. The highest BCUT2D eigenvalue weighted by Gasteiger charge is 2.17. The molecule has 10 heteroatoms. The number of benzene rings is 4. The van der Waals surface area contributed by atoms with Gasteiger partial charge in [0.05, 0.1) is 15.5 Å². The molecule has 0 bridgehead atoms. The van der Waals surface area contributed by atoms with Crippen molar-refractivity contribution in [3.8, 4) is 0 Å². The second-order valence-corrected chi connectivity index (χ2v) is 11.8. The van der Waals surface area contributed by atoms with Gasteiger partial charge in [-0.3, -0.25) is 14.2 Å². The van der Waals surface area contributed by atoms with Gasteiger partial charge < -0.3 is 5.32 Å². The lowest BCUT2D eigenvalue weighted by atomic mass is 10.1. The van der Waals surface area contributed by atoms with Gasteiger partial charge in [0.25, 0.3) is 26.0 Å². The van der Waals surface area contributed by atoms with Crippen LogP contribution in [0.1, 0.15) is 21.5 Å². The van der Waals surface area contributed by atoms with Gasteiger partial charge in [-0.2, -0.15) is 0 Å². The zero-order valence-corrected chi connectivity index (χ0v) is 21.7. The third-order valence-electron chi connectivity index (χ3n) is 5.50. The normalized spacial score (nSPS) is 11.5. The molecule has 0 heterocycles. The van der Waals surface area contributed by atoms with E-state index in [1.807, 2.05) is 26.0 Å². The summed E-state index contributed by atoms with van der Waals surface area (Å²) >= 11 is 0. The van der Waals surface area contributed by atoms with Crippen molar-refractivity contribution in [3.05, 3.63) is 114 Å². The van der Waals surface area contributed by atoms with Crippen LogP contribution in [0.3, 0.4) is 0 Å². The zero-order valence-electron chi connectivity index (χ0n) is 20.1. The first-order chi connectivity index (χ1) is 17.5. The standard InChI is InChI=1S/C27H25N3O5S2/c1-19-8-17-26(20(2)18-19)30-37(34,35)25-15-13-22(14-16-25)28-27(31)21-9-11-23(12-10-21)29-36(32,33)24-6-4-3-5-7-24/h3-18,29-30H,1-2H3,(H,28,31). The van der Waals surface area contributed by atoms with Gasteiger partial charge in [0.15, 0.2) is 0 Å². The SMILES string of the molecule is Cc1ccc(NS(=O)(=O)c2ccc(NC(=O)c3ccc(NS(=O)(=O)c4ccccc4)cc3)cc2)c(C)c1. The van der Waals surface area contributed by atoms with E-state index in [0.29, 0.717) is 22.6 Å². The summed E-state index contributed by atoms with van der Waals surface area (Å²) in [7, 11) is -7.55. The Labute approximate surface area is 216 Å². The smallest absolute Gasteiger partial charge is 0.261 e. The lowest BCUT2D eigenvalue weighted by Crippen LogP contribution is -2.15. The van der Waals surface area contributed by atoms with Gasteiger partial charge in [-0.15, -0.1) is 0 Å². The average Bonchev–Trinajstić information content (AvgIpc) is 2.87. The number of aryl methyl sites for hydroxylation is 2. The molecule has 0 saturated heterocycles. The first-order valence-corrected chi connectivity index (χ1v) is 14.2. The Morgan fingerprint density at radius 2 is 1.19 bits per heavy atom. The van der Waals surface area contributed by atoms with Crippen LogP contribution in [-0.2, 0) is 20.0 Å². The number of rotatable bonds is 8. The summed E-state index contributed by atoms with van der Waals surface area (Å²) in [5.41, 5.74) is 3.36. The predicted octanol–water partition coefficient (Wildman–Crippen LogP) is 5.16. The first kappa shape index (κ1) is 25.9. The van der Waals surface area contributed by atoms with Gasteiger partial charge in [-0.25, -0.2) is 16.8 Å². The number of anilines is 3. The summed E-state index contributed by atoms with van der Waals surface area (Å²) in [6.07, 6.45) is 0. The van der Waals surface area contributed by atoms with E-state index in [1.165, 1.54) is 60.7 Å². The summed E-state index contributed by atoms with van der Waals surface area (Å²) in [5, 5.41) is 2.70. The number of carbonyl (C=O) groups is 1. The molecular formula is C27H25N3O5S2. The Morgan fingerprint density at radius 3 is 1.81 bits per heavy atom. The van der Waals surface area contributed by atoms with Crippen LogP contribution in [0.25, 0.3) is 0 Å². The maximum absolute atomic E-state index is 12.8. The number of hydrogen-bond acceptors (Lipinski definition) is 5. The van der Waals surface area contributed by atoms with Crippen molar-refractivity contribution in [3.63, 3.8) is 0 Å². The van der Waals surface area contributed by atoms with Crippen LogP contribution in [0.15, 0.2) is 107 Å².